The molecule has 0 unspecified atom stereocenters. The number of hydrogen-bond donors (Lipinski definition) is 1. The van der Waals surface area contributed by atoms with E-state index in [4.69, 9.17) is 5.11 Å². The van der Waals surface area contributed by atoms with Crippen molar-refractivity contribution in [3.63, 3.8) is 0 Å². The highest BCUT2D eigenvalue weighted by atomic mass is 16.4. The number of carboxylic acid groups (broad SMARTS) is 1. The van der Waals surface area contributed by atoms with Gasteiger partial charge in [0.2, 0.25) is 5.91 Å². The quantitative estimate of drug-likeness (QED) is 0.823. The fourth-order valence-corrected chi connectivity index (χ4v) is 3.14. The van der Waals surface area contributed by atoms with Gasteiger partial charge in [-0.1, -0.05) is 12.8 Å². The number of nitrogens with zero attached hydrogens (tertiary/aromatic N) is 2. The number of amides is 1. The zero-order valence-electron chi connectivity index (χ0n) is 10.4. The molecule has 0 aromatic carbocycles. The molecule has 98 valence electrons. The molecule has 1 amide bonds. The van der Waals surface area contributed by atoms with Gasteiger partial charge in [0.25, 0.3) is 0 Å². The predicted octanol–water partition coefficient (Wildman–Crippen LogP) is 1.54. The van der Waals surface area contributed by atoms with Crippen LogP contribution < -0.4 is 0 Å². The van der Waals surface area contributed by atoms with Gasteiger partial charge in [-0.25, -0.2) is 0 Å². The van der Waals surface area contributed by atoms with Gasteiger partial charge < -0.3 is 10.0 Å². The minimum Gasteiger partial charge on any atom is -0.481 e. The van der Waals surface area contributed by atoms with Gasteiger partial charge in [-0.15, -0.1) is 0 Å². The van der Waals surface area contributed by atoms with Crippen molar-refractivity contribution in [1.29, 1.82) is 5.26 Å². The molecule has 2 fully saturated rings. The lowest BCUT2D eigenvalue weighted by atomic mass is 9.86. The largest absolute Gasteiger partial charge is 0.481 e. The molecule has 0 spiro atoms. The van der Waals surface area contributed by atoms with Crippen LogP contribution >= 0.6 is 0 Å². The Morgan fingerprint density at radius 3 is 2.56 bits per heavy atom. The third-order valence-electron chi connectivity index (χ3n) is 4.13. The number of carboxylic acids is 1. The first-order chi connectivity index (χ1) is 8.59. The van der Waals surface area contributed by atoms with Crippen LogP contribution in [0.2, 0.25) is 0 Å². The van der Waals surface area contributed by atoms with Crippen molar-refractivity contribution in [1.82, 2.24) is 4.90 Å². The summed E-state index contributed by atoms with van der Waals surface area (Å²) in [4.78, 5) is 24.9. The lowest BCUT2D eigenvalue weighted by Gasteiger charge is -2.30. The van der Waals surface area contributed by atoms with Gasteiger partial charge in [-0.2, -0.15) is 5.26 Å². The van der Waals surface area contributed by atoms with E-state index in [0.29, 0.717) is 19.4 Å². The van der Waals surface area contributed by atoms with Gasteiger partial charge >= 0.3 is 5.97 Å². The highest BCUT2D eigenvalue weighted by Crippen LogP contribution is 2.40. The molecular weight excluding hydrogens is 232 g/mol. The van der Waals surface area contributed by atoms with Gasteiger partial charge in [0.1, 0.15) is 5.41 Å². The molecule has 2 aliphatic rings. The molecule has 0 aromatic rings. The number of hydrogen-bond acceptors (Lipinski definition) is 3. The van der Waals surface area contributed by atoms with Crippen molar-refractivity contribution in [2.45, 2.75) is 51.0 Å². The van der Waals surface area contributed by atoms with Crippen LogP contribution in [0.15, 0.2) is 0 Å². The number of rotatable bonds is 3. The molecule has 0 radical (unpaired) electrons. The topological polar surface area (TPSA) is 81.4 Å². The van der Waals surface area contributed by atoms with Crippen LogP contribution in [0.4, 0.5) is 0 Å². The van der Waals surface area contributed by atoms with E-state index in [1.165, 1.54) is 0 Å². The second-order valence-corrected chi connectivity index (χ2v) is 5.29. The van der Waals surface area contributed by atoms with E-state index in [2.05, 4.69) is 6.07 Å². The molecule has 5 heteroatoms. The maximum Gasteiger partial charge on any atom is 0.305 e. The first-order valence-electron chi connectivity index (χ1n) is 6.53. The summed E-state index contributed by atoms with van der Waals surface area (Å²) in [6, 6.07) is 1.97. The fourth-order valence-electron chi connectivity index (χ4n) is 3.14. The molecule has 18 heavy (non-hydrogen) atoms. The van der Waals surface area contributed by atoms with E-state index in [1.807, 2.05) is 0 Å². The zero-order valence-corrected chi connectivity index (χ0v) is 10.4. The zero-order chi connectivity index (χ0) is 13.2. The molecule has 2 rings (SSSR count). The second-order valence-electron chi connectivity index (χ2n) is 5.29. The van der Waals surface area contributed by atoms with Gasteiger partial charge in [-0.05, 0) is 25.7 Å². The summed E-state index contributed by atoms with van der Waals surface area (Å²) in [6.45, 7) is 0.597. The average molecular weight is 250 g/mol. The van der Waals surface area contributed by atoms with Crippen LogP contribution in [0.5, 0.6) is 0 Å². The molecule has 0 aromatic heterocycles. The normalized spacial score (nSPS) is 25.9. The number of likely N-dealkylation sites (tertiary alicyclic amines) is 1. The summed E-state index contributed by atoms with van der Waals surface area (Å²) >= 11 is 0. The first-order valence-corrected chi connectivity index (χ1v) is 6.53. The van der Waals surface area contributed by atoms with Crippen molar-refractivity contribution in [2.24, 2.45) is 5.41 Å². The van der Waals surface area contributed by atoms with Crippen LogP contribution in [0, 0.1) is 16.7 Å². The summed E-state index contributed by atoms with van der Waals surface area (Å²) in [5.41, 5.74) is -0.874. The average Bonchev–Trinajstić information content (AvgIpc) is 2.96. The lowest BCUT2D eigenvalue weighted by Crippen LogP contribution is -2.45. The molecule has 1 aliphatic heterocycles. The number of carbonyl (C=O) groups is 2. The van der Waals surface area contributed by atoms with Crippen LogP contribution in [0.1, 0.15) is 44.9 Å². The number of nitriles is 1. The minimum absolute atomic E-state index is 0.00670. The second kappa shape index (κ2) is 4.97. The smallest absolute Gasteiger partial charge is 0.305 e. The van der Waals surface area contributed by atoms with Crippen molar-refractivity contribution >= 4 is 11.9 Å². The van der Waals surface area contributed by atoms with Crippen LogP contribution in [-0.4, -0.2) is 34.5 Å². The molecule has 0 bridgehead atoms. The van der Waals surface area contributed by atoms with E-state index < -0.39 is 11.4 Å². The summed E-state index contributed by atoms with van der Waals surface area (Å²) in [5, 5.41) is 18.2. The Labute approximate surface area is 106 Å². The summed E-state index contributed by atoms with van der Waals surface area (Å²) in [5.74, 6) is -1.01. The summed E-state index contributed by atoms with van der Waals surface area (Å²) in [6.07, 6.45) is 4.64. The van der Waals surface area contributed by atoms with Crippen molar-refractivity contribution < 1.29 is 14.7 Å². The van der Waals surface area contributed by atoms with Gasteiger partial charge in [-0.3, -0.25) is 9.59 Å². The SMILES string of the molecule is N#CC1(C(=O)N2CCC[C@H]2CC(=O)O)CCCC1. The van der Waals surface area contributed by atoms with Gasteiger partial charge in [0.05, 0.1) is 12.5 Å². The van der Waals surface area contributed by atoms with E-state index in [9.17, 15) is 14.9 Å². The summed E-state index contributed by atoms with van der Waals surface area (Å²) < 4.78 is 0. The van der Waals surface area contributed by atoms with Crippen LogP contribution in [-0.2, 0) is 9.59 Å². The Hall–Kier alpha value is -1.57. The Kier molecular flexibility index (Phi) is 3.55. The molecule has 1 heterocycles. The van der Waals surface area contributed by atoms with E-state index in [-0.39, 0.29) is 18.4 Å². The third kappa shape index (κ3) is 2.20. The standard InChI is InChI=1S/C13H18N2O3/c14-9-13(5-1-2-6-13)12(18)15-7-3-4-10(15)8-11(16)17/h10H,1-8H2,(H,16,17)/t10-/m0/s1. The molecule has 1 saturated carbocycles. The Balaban J connectivity index is 2.12. The Morgan fingerprint density at radius 2 is 2.00 bits per heavy atom. The van der Waals surface area contributed by atoms with Crippen molar-refractivity contribution in [2.75, 3.05) is 6.54 Å². The maximum absolute atomic E-state index is 12.5. The third-order valence-corrected chi connectivity index (χ3v) is 4.13. The van der Waals surface area contributed by atoms with Gasteiger partial charge in [0, 0.05) is 12.6 Å². The van der Waals surface area contributed by atoms with Crippen molar-refractivity contribution in [3.8, 4) is 6.07 Å². The summed E-state index contributed by atoms with van der Waals surface area (Å²) in [7, 11) is 0. The number of carbonyl (C=O) groups excluding carboxylic acids is 1. The minimum atomic E-state index is -0.878. The first kappa shape index (κ1) is 12.9. The Morgan fingerprint density at radius 1 is 1.33 bits per heavy atom. The molecule has 1 aliphatic carbocycles. The van der Waals surface area contributed by atoms with E-state index >= 15 is 0 Å². The fraction of sp³-hybridized carbons (Fsp3) is 0.769. The highest BCUT2D eigenvalue weighted by molar-refractivity contribution is 5.86. The Bertz CT molecular complexity index is 394. The molecule has 1 N–H and O–H groups in total. The van der Waals surface area contributed by atoms with Gasteiger partial charge in [0.15, 0.2) is 0 Å². The molecular formula is C13H18N2O3. The maximum atomic E-state index is 12.5. The molecule has 5 nitrogen and oxygen atoms in total. The lowest BCUT2D eigenvalue weighted by molar-refractivity contribution is -0.143. The van der Waals surface area contributed by atoms with Crippen LogP contribution in [0.3, 0.4) is 0 Å². The van der Waals surface area contributed by atoms with E-state index in [0.717, 1.165) is 25.7 Å². The number of aliphatic carboxylic acids is 1. The van der Waals surface area contributed by atoms with E-state index in [1.54, 1.807) is 4.90 Å². The van der Waals surface area contributed by atoms with Crippen LogP contribution in [0.25, 0.3) is 0 Å². The monoisotopic (exact) mass is 250 g/mol. The molecule has 1 atom stereocenters. The van der Waals surface area contributed by atoms with Crippen molar-refractivity contribution in [3.05, 3.63) is 0 Å². The highest BCUT2D eigenvalue weighted by Gasteiger charge is 2.46. The molecule has 1 saturated heterocycles. The predicted molar refractivity (Wildman–Crippen MR) is 63.5 cm³/mol.